The average molecular weight is 402 g/mol. The van der Waals surface area contributed by atoms with Crippen LogP contribution in [0.3, 0.4) is 0 Å². The van der Waals surface area contributed by atoms with Gasteiger partial charge in [0.05, 0.1) is 17.3 Å². The summed E-state index contributed by atoms with van der Waals surface area (Å²) in [5.41, 5.74) is 5.78. The largest absolute Gasteiger partial charge is 0.467 e. The molecule has 0 aliphatic rings. The fraction of sp³-hybridized carbons (Fsp3) is 0.136. The van der Waals surface area contributed by atoms with Crippen molar-refractivity contribution in [3.8, 4) is 45.2 Å². The molecule has 0 bridgehead atoms. The molecule has 4 rings (SSSR count). The van der Waals surface area contributed by atoms with Gasteiger partial charge in [-0.2, -0.15) is 5.26 Å². The minimum Gasteiger partial charge on any atom is -0.467 e. The highest BCUT2D eigenvalue weighted by atomic mass is 32.1. The Morgan fingerprint density at radius 1 is 1.10 bits per heavy atom. The highest BCUT2D eigenvalue weighted by molar-refractivity contribution is 7.13. The maximum atomic E-state index is 9.16. The molecule has 2 aromatic heterocycles. The monoisotopic (exact) mass is 402 g/mol. The molecule has 0 spiro atoms. The minimum absolute atomic E-state index is 0.389. The van der Waals surface area contributed by atoms with Crippen molar-refractivity contribution in [2.75, 3.05) is 6.79 Å². The van der Waals surface area contributed by atoms with Crippen LogP contribution in [-0.2, 0) is 0 Å². The molecule has 0 radical (unpaired) electrons. The lowest BCUT2D eigenvalue weighted by atomic mass is 10.1. The molecule has 0 fully saturated rings. The first-order valence-electron chi connectivity index (χ1n) is 8.96. The van der Waals surface area contributed by atoms with Gasteiger partial charge in [-0.15, -0.1) is 11.3 Å². The van der Waals surface area contributed by atoms with E-state index in [1.807, 2.05) is 49.6 Å². The third-order valence-corrected chi connectivity index (χ3v) is 5.48. The summed E-state index contributed by atoms with van der Waals surface area (Å²) in [6, 6.07) is 15.2. The summed E-state index contributed by atoms with van der Waals surface area (Å²) in [6.45, 7) is 3.49. The van der Waals surface area contributed by atoms with Crippen molar-refractivity contribution >= 4 is 11.3 Å². The molecule has 0 saturated heterocycles. The number of rotatable bonds is 5. The Bertz CT molecular complexity index is 1200. The van der Waals surface area contributed by atoms with Gasteiger partial charge in [0.25, 0.3) is 0 Å². The van der Waals surface area contributed by atoms with E-state index in [0.29, 0.717) is 17.1 Å². The van der Waals surface area contributed by atoms with Gasteiger partial charge in [0.2, 0.25) is 0 Å². The summed E-state index contributed by atoms with van der Waals surface area (Å²) >= 11 is 1.55. The minimum atomic E-state index is -0.389. The highest BCUT2D eigenvalue weighted by Gasteiger charge is 2.18. The number of nitrogens with zero attached hydrogens (tertiary/aromatic N) is 3. The van der Waals surface area contributed by atoms with E-state index in [-0.39, 0.29) is 6.79 Å². The number of imidazole rings is 1. The van der Waals surface area contributed by atoms with E-state index in [4.69, 9.17) is 20.1 Å². The molecular formula is C22H18N4O2S. The number of aryl methyl sites for hydroxylation is 2. The van der Waals surface area contributed by atoms with Crippen LogP contribution < -0.4 is 4.74 Å². The van der Waals surface area contributed by atoms with Gasteiger partial charge in [0, 0.05) is 22.2 Å². The summed E-state index contributed by atoms with van der Waals surface area (Å²) in [4.78, 5) is 12.8. The Kier molecular flexibility index (Phi) is 5.12. The number of hydrogen-bond acceptors (Lipinski definition) is 6. The van der Waals surface area contributed by atoms with E-state index in [1.54, 1.807) is 23.5 Å². The Balaban J connectivity index is 1.86. The number of hydrogen-bond donors (Lipinski definition) is 2. The van der Waals surface area contributed by atoms with Crippen LogP contribution in [0.2, 0.25) is 0 Å². The Morgan fingerprint density at radius 2 is 1.86 bits per heavy atom. The fourth-order valence-electron chi connectivity index (χ4n) is 3.02. The molecule has 0 saturated carbocycles. The molecule has 7 heteroatoms. The van der Waals surface area contributed by atoms with E-state index in [1.165, 1.54) is 0 Å². The van der Waals surface area contributed by atoms with Crippen LogP contribution in [0.4, 0.5) is 0 Å². The molecule has 0 amide bonds. The standard InChI is InChI=1S/C22H18N4O2S/c1-13-3-6-17(9-18(13)28-12-27)19-20(22-24-14(2)11-29-22)26-21(25-19)16-7-4-15(10-23)5-8-16/h3-9,11,27H,12H2,1-2H3,(H,25,26). The number of aliphatic hydroxyl groups is 1. The lowest BCUT2D eigenvalue weighted by Crippen LogP contribution is -1.97. The Morgan fingerprint density at radius 3 is 2.52 bits per heavy atom. The van der Waals surface area contributed by atoms with E-state index in [2.05, 4.69) is 16.0 Å². The van der Waals surface area contributed by atoms with Gasteiger partial charge in [-0.1, -0.05) is 12.1 Å². The summed E-state index contributed by atoms with van der Waals surface area (Å²) in [6.07, 6.45) is 0. The topological polar surface area (TPSA) is 94.8 Å². The first-order valence-corrected chi connectivity index (χ1v) is 9.84. The highest BCUT2D eigenvalue weighted by Crippen LogP contribution is 2.36. The smallest absolute Gasteiger partial charge is 0.186 e. The zero-order chi connectivity index (χ0) is 20.4. The van der Waals surface area contributed by atoms with Crippen LogP contribution >= 0.6 is 11.3 Å². The van der Waals surface area contributed by atoms with Gasteiger partial charge in [-0.3, -0.25) is 0 Å². The summed E-state index contributed by atoms with van der Waals surface area (Å²) in [7, 11) is 0. The van der Waals surface area contributed by atoms with Gasteiger partial charge >= 0.3 is 0 Å². The fourth-order valence-corrected chi connectivity index (χ4v) is 3.81. The lowest BCUT2D eigenvalue weighted by Gasteiger charge is -2.08. The van der Waals surface area contributed by atoms with Gasteiger partial charge in [0.15, 0.2) is 6.79 Å². The summed E-state index contributed by atoms with van der Waals surface area (Å²) < 4.78 is 5.34. The Labute approximate surface area is 172 Å². The zero-order valence-electron chi connectivity index (χ0n) is 15.9. The second kappa shape index (κ2) is 7.87. The number of aromatic nitrogens is 3. The number of aliphatic hydroxyl groups excluding tert-OH is 1. The van der Waals surface area contributed by atoms with Crippen molar-refractivity contribution in [3.05, 3.63) is 64.7 Å². The number of nitriles is 1. The molecule has 2 heterocycles. The van der Waals surface area contributed by atoms with Gasteiger partial charge in [-0.25, -0.2) is 9.97 Å². The number of ether oxygens (including phenoxy) is 1. The Hall–Kier alpha value is -3.47. The van der Waals surface area contributed by atoms with Gasteiger partial charge in [-0.05, 0) is 49.7 Å². The quantitative estimate of drug-likeness (QED) is 0.473. The van der Waals surface area contributed by atoms with Crippen LogP contribution in [0.1, 0.15) is 16.8 Å². The number of thiazole rings is 1. The van der Waals surface area contributed by atoms with Gasteiger partial charge < -0.3 is 14.8 Å². The van der Waals surface area contributed by atoms with E-state index < -0.39 is 0 Å². The van der Waals surface area contributed by atoms with Crippen LogP contribution in [0.15, 0.2) is 47.8 Å². The van der Waals surface area contributed by atoms with Crippen molar-refractivity contribution in [2.45, 2.75) is 13.8 Å². The SMILES string of the molecule is Cc1csc(-c2[nH]c(-c3ccc(C#N)cc3)nc2-c2ccc(C)c(OCO)c2)n1. The normalized spacial score (nSPS) is 10.7. The third-order valence-electron chi connectivity index (χ3n) is 4.51. The molecule has 2 N–H and O–H groups in total. The van der Waals surface area contributed by atoms with Crippen molar-refractivity contribution in [1.29, 1.82) is 5.26 Å². The summed E-state index contributed by atoms with van der Waals surface area (Å²) in [5, 5.41) is 21.0. The van der Waals surface area contributed by atoms with E-state index in [9.17, 15) is 0 Å². The second-order valence-corrected chi connectivity index (χ2v) is 7.40. The van der Waals surface area contributed by atoms with Crippen molar-refractivity contribution < 1.29 is 9.84 Å². The van der Waals surface area contributed by atoms with Crippen LogP contribution in [-0.4, -0.2) is 26.9 Å². The second-order valence-electron chi connectivity index (χ2n) is 6.55. The maximum absolute atomic E-state index is 9.16. The third kappa shape index (κ3) is 3.76. The average Bonchev–Trinajstić information content (AvgIpc) is 3.36. The number of aromatic amines is 1. The molecule has 29 heavy (non-hydrogen) atoms. The van der Waals surface area contributed by atoms with Crippen LogP contribution in [0.25, 0.3) is 33.3 Å². The molecule has 0 aliphatic carbocycles. The van der Waals surface area contributed by atoms with Crippen LogP contribution in [0, 0.1) is 25.2 Å². The van der Waals surface area contributed by atoms with Crippen molar-refractivity contribution in [3.63, 3.8) is 0 Å². The van der Waals surface area contributed by atoms with E-state index >= 15 is 0 Å². The predicted molar refractivity (Wildman–Crippen MR) is 112 cm³/mol. The van der Waals surface area contributed by atoms with Gasteiger partial charge in [0.1, 0.15) is 22.3 Å². The summed E-state index contributed by atoms with van der Waals surface area (Å²) in [5.74, 6) is 1.30. The molecule has 6 nitrogen and oxygen atoms in total. The number of H-pyrrole nitrogens is 1. The van der Waals surface area contributed by atoms with Crippen LogP contribution in [0.5, 0.6) is 5.75 Å². The molecule has 4 aromatic rings. The molecule has 0 unspecified atom stereocenters. The van der Waals surface area contributed by atoms with Crippen molar-refractivity contribution in [1.82, 2.24) is 15.0 Å². The first kappa shape index (κ1) is 18.9. The molecule has 2 aromatic carbocycles. The number of benzene rings is 2. The maximum Gasteiger partial charge on any atom is 0.186 e. The van der Waals surface area contributed by atoms with Crippen molar-refractivity contribution in [2.24, 2.45) is 0 Å². The predicted octanol–water partition coefficient (Wildman–Crippen LogP) is 4.68. The number of nitrogens with one attached hydrogen (secondary N) is 1. The lowest BCUT2D eigenvalue weighted by molar-refractivity contribution is 0.0979. The van der Waals surface area contributed by atoms with E-state index in [0.717, 1.165) is 38.8 Å². The zero-order valence-corrected chi connectivity index (χ0v) is 16.7. The first-order chi connectivity index (χ1) is 14.1. The molecular weight excluding hydrogens is 384 g/mol. The molecule has 144 valence electrons. The molecule has 0 atom stereocenters. The molecule has 0 aliphatic heterocycles.